The molecule has 3 nitrogen and oxygen atoms in total. The summed E-state index contributed by atoms with van der Waals surface area (Å²) in [5.74, 6) is 0.00836. The summed E-state index contributed by atoms with van der Waals surface area (Å²) in [5.41, 5.74) is 2.10. The summed E-state index contributed by atoms with van der Waals surface area (Å²) in [6.07, 6.45) is 0. The van der Waals surface area contributed by atoms with E-state index < -0.39 is 0 Å². The van der Waals surface area contributed by atoms with Gasteiger partial charge in [-0.15, -0.1) is 11.3 Å². The molecule has 1 N–H and O–H groups in total. The van der Waals surface area contributed by atoms with Crippen LogP contribution in [0.1, 0.15) is 17.4 Å². The summed E-state index contributed by atoms with van der Waals surface area (Å²) >= 11 is 5.12. The molecule has 0 fully saturated rings. The average Bonchev–Trinajstić information content (AvgIpc) is 2.86. The van der Waals surface area contributed by atoms with E-state index in [0.717, 1.165) is 16.7 Å². The minimum absolute atomic E-state index is 0.00836. The lowest BCUT2D eigenvalue weighted by molar-refractivity contribution is -0.120. The Labute approximate surface area is 138 Å². The molecule has 0 unspecified atom stereocenters. The Bertz CT molecular complexity index is 609. The molecule has 1 heterocycles. The van der Waals surface area contributed by atoms with E-state index in [1.54, 1.807) is 11.3 Å². The van der Waals surface area contributed by atoms with Crippen molar-refractivity contribution in [2.75, 3.05) is 12.4 Å². The number of carbonyl (C=O) groups is 1. The largest absolute Gasteiger partial charge is 0.325 e. The van der Waals surface area contributed by atoms with Crippen LogP contribution in [0.3, 0.4) is 0 Å². The van der Waals surface area contributed by atoms with Crippen LogP contribution in [0.5, 0.6) is 0 Å². The fourth-order valence-corrected chi connectivity index (χ4v) is 3.14. The SMILES string of the molecule is Cc1ccsc1CN(C)[C@H](C)C(=O)Nc1ccc(Br)cc1. The molecule has 2 aromatic rings. The van der Waals surface area contributed by atoms with Crippen molar-refractivity contribution in [1.82, 2.24) is 4.90 Å². The van der Waals surface area contributed by atoms with Crippen LogP contribution in [0.4, 0.5) is 5.69 Å². The lowest BCUT2D eigenvalue weighted by Crippen LogP contribution is -2.39. The maximum atomic E-state index is 12.3. The molecule has 21 heavy (non-hydrogen) atoms. The molecule has 5 heteroatoms. The summed E-state index contributed by atoms with van der Waals surface area (Å²) in [4.78, 5) is 15.7. The summed E-state index contributed by atoms with van der Waals surface area (Å²) in [6.45, 7) is 4.82. The second-order valence-corrected chi connectivity index (χ2v) is 7.03. The fourth-order valence-electron chi connectivity index (χ4n) is 1.91. The first kappa shape index (κ1) is 16.2. The zero-order valence-electron chi connectivity index (χ0n) is 12.4. The Morgan fingerprint density at radius 2 is 2.00 bits per heavy atom. The van der Waals surface area contributed by atoms with E-state index in [4.69, 9.17) is 0 Å². The quantitative estimate of drug-likeness (QED) is 0.856. The third kappa shape index (κ3) is 4.40. The molecule has 0 aliphatic carbocycles. The number of anilines is 1. The van der Waals surface area contributed by atoms with Gasteiger partial charge in [0.1, 0.15) is 0 Å². The zero-order valence-corrected chi connectivity index (χ0v) is 14.8. The topological polar surface area (TPSA) is 32.3 Å². The number of hydrogen-bond donors (Lipinski definition) is 1. The molecule has 2 rings (SSSR count). The molecule has 0 aliphatic heterocycles. The Balaban J connectivity index is 1.95. The number of rotatable bonds is 5. The number of carbonyl (C=O) groups excluding carboxylic acids is 1. The van der Waals surface area contributed by atoms with Crippen molar-refractivity contribution in [2.45, 2.75) is 26.4 Å². The average molecular weight is 367 g/mol. The van der Waals surface area contributed by atoms with Crippen LogP contribution in [0.2, 0.25) is 0 Å². The van der Waals surface area contributed by atoms with Gasteiger partial charge in [-0.2, -0.15) is 0 Å². The van der Waals surface area contributed by atoms with E-state index in [0.29, 0.717) is 0 Å². The first-order valence-electron chi connectivity index (χ1n) is 6.77. The number of hydrogen-bond acceptors (Lipinski definition) is 3. The van der Waals surface area contributed by atoms with E-state index in [-0.39, 0.29) is 11.9 Å². The van der Waals surface area contributed by atoms with Crippen molar-refractivity contribution in [3.63, 3.8) is 0 Å². The van der Waals surface area contributed by atoms with Gasteiger partial charge in [-0.1, -0.05) is 15.9 Å². The minimum atomic E-state index is -0.185. The van der Waals surface area contributed by atoms with Crippen molar-refractivity contribution in [1.29, 1.82) is 0 Å². The number of nitrogens with one attached hydrogen (secondary N) is 1. The third-order valence-electron chi connectivity index (χ3n) is 3.51. The van der Waals surface area contributed by atoms with Crippen molar-refractivity contribution in [3.05, 3.63) is 50.6 Å². The minimum Gasteiger partial charge on any atom is -0.325 e. The fraction of sp³-hybridized carbons (Fsp3) is 0.312. The third-order valence-corrected chi connectivity index (χ3v) is 5.05. The number of likely N-dealkylation sites (N-methyl/N-ethyl adjacent to an activating group) is 1. The molecule has 0 aliphatic rings. The molecule has 0 spiro atoms. The van der Waals surface area contributed by atoms with Crippen molar-refractivity contribution < 1.29 is 4.79 Å². The smallest absolute Gasteiger partial charge is 0.241 e. The van der Waals surface area contributed by atoms with E-state index in [9.17, 15) is 4.79 Å². The van der Waals surface area contributed by atoms with Crippen molar-refractivity contribution in [2.24, 2.45) is 0 Å². The second kappa shape index (κ2) is 7.20. The van der Waals surface area contributed by atoms with Gasteiger partial charge in [0.2, 0.25) is 5.91 Å². The van der Waals surface area contributed by atoms with Gasteiger partial charge in [-0.25, -0.2) is 0 Å². The molecule has 0 radical (unpaired) electrons. The van der Waals surface area contributed by atoms with Crippen LogP contribution in [0, 0.1) is 6.92 Å². The Kier molecular flexibility index (Phi) is 5.56. The summed E-state index contributed by atoms with van der Waals surface area (Å²) in [6, 6.07) is 9.53. The van der Waals surface area contributed by atoms with E-state index in [1.165, 1.54) is 10.4 Å². The molecule has 1 aromatic carbocycles. The van der Waals surface area contributed by atoms with Crippen molar-refractivity contribution >= 4 is 38.9 Å². The number of thiophene rings is 1. The van der Waals surface area contributed by atoms with E-state index in [1.807, 2.05) is 38.2 Å². The molecule has 0 bridgehead atoms. The first-order valence-corrected chi connectivity index (χ1v) is 8.44. The van der Waals surface area contributed by atoms with E-state index in [2.05, 4.69) is 44.5 Å². The van der Waals surface area contributed by atoms with Crippen LogP contribution < -0.4 is 5.32 Å². The van der Waals surface area contributed by atoms with Gasteiger partial charge in [0, 0.05) is 21.6 Å². The first-order chi connectivity index (χ1) is 9.97. The Hall–Kier alpha value is -1.17. The maximum Gasteiger partial charge on any atom is 0.241 e. The lowest BCUT2D eigenvalue weighted by Gasteiger charge is -2.23. The van der Waals surface area contributed by atoms with Crippen LogP contribution in [-0.4, -0.2) is 23.9 Å². The molecule has 1 amide bonds. The van der Waals surface area contributed by atoms with Gasteiger partial charge in [-0.3, -0.25) is 9.69 Å². The standard InChI is InChI=1S/C16H19BrN2OS/c1-11-8-9-21-15(11)10-19(3)12(2)16(20)18-14-6-4-13(17)5-7-14/h4-9,12H,10H2,1-3H3,(H,18,20)/t12-/m1/s1. The summed E-state index contributed by atoms with van der Waals surface area (Å²) in [7, 11) is 1.98. The Morgan fingerprint density at radius 3 is 2.57 bits per heavy atom. The predicted molar refractivity (Wildman–Crippen MR) is 92.8 cm³/mol. The summed E-state index contributed by atoms with van der Waals surface area (Å²) in [5, 5.41) is 5.03. The van der Waals surface area contributed by atoms with Crippen LogP contribution in [0.25, 0.3) is 0 Å². The molecule has 1 aromatic heterocycles. The molecule has 0 saturated carbocycles. The maximum absolute atomic E-state index is 12.3. The molecular formula is C16H19BrN2OS. The highest BCUT2D eigenvalue weighted by atomic mass is 79.9. The van der Waals surface area contributed by atoms with Gasteiger partial charge < -0.3 is 5.32 Å². The van der Waals surface area contributed by atoms with Crippen molar-refractivity contribution in [3.8, 4) is 0 Å². The van der Waals surface area contributed by atoms with Gasteiger partial charge in [0.05, 0.1) is 6.04 Å². The van der Waals surface area contributed by atoms with Crippen LogP contribution in [-0.2, 0) is 11.3 Å². The van der Waals surface area contributed by atoms with Gasteiger partial charge >= 0.3 is 0 Å². The predicted octanol–water partition coefficient (Wildman–Crippen LogP) is 4.28. The number of amides is 1. The summed E-state index contributed by atoms with van der Waals surface area (Å²) < 4.78 is 0.999. The Morgan fingerprint density at radius 1 is 1.33 bits per heavy atom. The molecular weight excluding hydrogens is 348 g/mol. The van der Waals surface area contributed by atoms with Gasteiger partial charge in [0.25, 0.3) is 0 Å². The lowest BCUT2D eigenvalue weighted by atomic mass is 10.2. The molecule has 1 atom stereocenters. The highest BCUT2D eigenvalue weighted by molar-refractivity contribution is 9.10. The monoisotopic (exact) mass is 366 g/mol. The van der Waals surface area contributed by atoms with Crippen LogP contribution >= 0.6 is 27.3 Å². The normalized spacial score (nSPS) is 12.4. The number of aryl methyl sites for hydroxylation is 1. The number of benzene rings is 1. The van der Waals surface area contributed by atoms with Gasteiger partial charge in [0.15, 0.2) is 0 Å². The number of nitrogens with zero attached hydrogens (tertiary/aromatic N) is 1. The van der Waals surface area contributed by atoms with Crippen LogP contribution in [0.15, 0.2) is 40.2 Å². The number of halogens is 1. The molecule has 0 saturated heterocycles. The molecule has 112 valence electrons. The zero-order chi connectivity index (χ0) is 15.4. The highest BCUT2D eigenvalue weighted by Gasteiger charge is 2.19. The highest BCUT2D eigenvalue weighted by Crippen LogP contribution is 2.19. The van der Waals surface area contributed by atoms with Gasteiger partial charge in [-0.05, 0) is 62.2 Å². The second-order valence-electron chi connectivity index (χ2n) is 5.11. The van der Waals surface area contributed by atoms with E-state index >= 15 is 0 Å².